The molecule has 1 N–H and O–H groups in total. The second kappa shape index (κ2) is 3.19. The standard InChI is InChI=1S/C13H7BrO2/c14-9-5-7-1-3-10(15)13-11(16)4-2-8(6-9)12(7)13/h1-6,15H. The highest BCUT2D eigenvalue weighted by Gasteiger charge is 2.19. The Morgan fingerprint density at radius 3 is 2.75 bits per heavy atom. The first-order chi connectivity index (χ1) is 7.66. The number of ketones is 1. The molecule has 2 nitrogen and oxygen atoms in total. The predicted molar refractivity (Wildman–Crippen MR) is 66.7 cm³/mol. The van der Waals surface area contributed by atoms with Crippen molar-refractivity contribution < 1.29 is 9.90 Å². The number of hydrogen-bond donors (Lipinski definition) is 1. The van der Waals surface area contributed by atoms with Crippen LogP contribution in [0.4, 0.5) is 0 Å². The number of carbonyl (C=O) groups excluding carboxylic acids is 1. The summed E-state index contributed by atoms with van der Waals surface area (Å²) in [5.41, 5.74) is 1.36. The third-order valence-corrected chi connectivity index (χ3v) is 3.21. The first-order valence-corrected chi connectivity index (χ1v) is 5.64. The summed E-state index contributed by atoms with van der Waals surface area (Å²) in [6.07, 6.45) is 3.27. The van der Waals surface area contributed by atoms with Crippen LogP contribution in [0.25, 0.3) is 16.8 Å². The van der Waals surface area contributed by atoms with Crippen LogP contribution in [-0.4, -0.2) is 10.9 Å². The lowest BCUT2D eigenvalue weighted by molar-refractivity contribution is 0.104. The molecule has 0 saturated carbocycles. The molecule has 0 saturated heterocycles. The maximum absolute atomic E-state index is 11.7. The van der Waals surface area contributed by atoms with Gasteiger partial charge in [-0.15, -0.1) is 0 Å². The lowest BCUT2D eigenvalue weighted by Gasteiger charge is -2.13. The number of carbonyl (C=O) groups is 1. The van der Waals surface area contributed by atoms with Crippen LogP contribution in [0.15, 0.2) is 34.8 Å². The molecule has 3 rings (SSSR count). The molecule has 0 aliphatic heterocycles. The van der Waals surface area contributed by atoms with Crippen LogP contribution in [0.3, 0.4) is 0 Å². The molecule has 0 unspecified atom stereocenters. The van der Waals surface area contributed by atoms with Crippen LogP contribution >= 0.6 is 15.9 Å². The fourth-order valence-electron chi connectivity index (χ4n) is 2.08. The number of aromatic hydroxyl groups is 1. The first-order valence-electron chi connectivity index (χ1n) is 4.84. The summed E-state index contributed by atoms with van der Waals surface area (Å²) in [6.45, 7) is 0. The average Bonchev–Trinajstić information content (AvgIpc) is 2.25. The zero-order valence-electron chi connectivity index (χ0n) is 8.20. The van der Waals surface area contributed by atoms with E-state index in [1.54, 1.807) is 12.1 Å². The molecule has 0 aromatic heterocycles. The summed E-state index contributed by atoms with van der Waals surface area (Å²) in [7, 11) is 0. The Bertz CT molecular complexity index is 657. The average molecular weight is 275 g/mol. The molecule has 0 spiro atoms. The Morgan fingerprint density at radius 2 is 1.94 bits per heavy atom. The monoisotopic (exact) mass is 274 g/mol. The smallest absolute Gasteiger partial charge is 0.190 e. The zero-order chi connectivity index (χ0) is 11.3. The largest absolute Gasteiger partial charge is 0.507 e. The van der Waals surface area contributed by atoms with Gasteiger partial charge in [-0.1, -0.05) is 28.1 Å². The minimum atomic E-state index is -0.141. The Kier molecular flexibility index (Phi) is 1.91. The fraction of sp³-hybridized carbons (Fsp3) is 0. The molecule has 16 heavy (non-hydrogen) atoms. The number of phenolic OH excluding ortho intramolecular Hbond substituents is 1. The minimum absolute atomic E-state index is 0.0467. The Hall–Kier alpha value is -1.61. The summed E-state index contributed by atoms with van der Waals surface area (Å²) in [4.78, 5) is 11.7. The molecular formula is C13H7BrO2. The van der Waals surface area contributed by atoms with E-state index in [4.69, 9.17) is 0 Å². The van der Waals surface area contributed by atoms with E-state index in [0.29, 0.717) is 5.56 Å². The molecule has 1 aliphatic carbocycles. The summed E-state index contributed by atoms with van der Waals surface area (Å²) >= 11 is 3.43. The number of phenols is 1. The second-order valence-electron chi connectivity index (χ2n) is 3.75. The van der Waals surface area contributed by atoms with E-state index in [-0.39, 0.29) is 11.5 Å². The van der Waals surface area contributed by atoms with Crippen molar-refractivity contribution in [2.75, 3.05) is 0 Å². The summed E-state index contributed by atoms with van der Waals surface area (Å²) in [5.74, 6) is -0.0941. The normalized spacial score (nSPS) is 13.4. The van der Waals surface area contributed by atoms with Gasteiger partial charge in [0.15, 0.2) is 5.78 Å². The van der Waals surface area contributed by atoms with E-state index >= 15 is 0 Å². The van der Waals surface area contributed by atoms with E-state index in [1.807, 2.05) is 18.2 Å². The number of halogens is 1. The van der Waals surface area contributed by atoms with Crippen molar-refractivity contribution in [1.82, 2.24) is 0 Å². The molecule has 0 radical (unpaired) electrons. The summed E-state index contributed by atoms with van der Waals surface area (Å²) in [5, 5.41) is 11.5. The van der Waals surface area contributed by atoms with E-state index in [1.165, 1.54) is 6.08 Å². The van der Waals surface area contributed by atoms with Crippen molar-refractivity contribution >= 4 is 38.6 Å². The van der Waals surface area contributed by atoms with E-state index in [0.717, 1.165) is 20.8 Å². The fourth-order valence-corrected chi connectivity index (χ4v) is 2.57. The quantitative estimate of drug-likeness (QED) is 0.798. The molecule has 0 atom stereocenters. The number of rotatable bonds is 0. The summed E-state index contributed by atoms with van der Waals surface area (Å²) < 4.78 is 0.964. The van der Waals surface area contributed by atoms with E-state index < -0.39 is 0 Å². The van der Waals surface area contributed by atoms with Crippen molar-refractivity contribution in [3.8, 4) is 5.75 Å². The number of hydrogen-bond acceptors (Lipinski definition) is 2. The van der Waals surface area contributed by atoms with Gasteiger partial charge in [0.05, 0.1) is 5.56 Å². The number of benzene rings is 2. The minimum Gasteiger partial charge on any atom is -0.507 e. The number of allylic oxidation sites excluding steroid dienone is 1. The zero-order valence-corrected chi connectivity index (χ0v) is 9.78. The second-order valence-corrected chi connectivity index (χ2v) is 4.67. The lowest BCUT2D eigenvalue weighted by Crippen LogP contribution is -2.02. The first kappa shape index (κ1) is 9.60. The molecule has 0 bridgehead atoms. The van der Waals surface area contributed by atoms with Crippen molar-refractivity contribution in [3.63, 3.8) is 0 Å². The van der Waals surface area contributed by atoms with Crippen LogP contribution in [0, 0.1) is 0 Å². The van der Waals surface area contributed by atoms with Gasteiger partial charge in [-0.2, -0.15) is 0 Å². The van der Waals surface area contributed by atoms with Crippen LogP contribution in [0.5, 0.6) is 5.75 Å². The molecule has 2 aromatic carbocycles. The van der Waals surface area contributed by atoms with Crippen LogP contribution in [0.1, 0.15) is 15.9 Å². The van der Waals surface area contributed by atoms with Crippen LogP contribution in [-0.2, 0) is 0 Å². The molecule has 2 aromatic rings. The maximum atomic E-state index is 11.7. The van der Waals surface area contributed by atoms with Crippen LogP contribution in [0.2, 0.25) is 0 Å². The van der Waals surface area contributed by atoms with E-state index in [9.17, 15) is 9.90 Å². The van der Waals surface area contributed by atoms with Gasteiger partial charge < -0.3 is 5.11 Å². The van der Waals surface area contributed by atoms with Gasteiger partial charge in [0, 0.05) is 9.86 Å². The molecule has 0 heterocycles. The molecule has 0 amide bonds. The van der Waals surface area contributed by atoms with Crippen molar-refractivity contribution in [1.29, 1.82) is 0 Å². The Morgan fingerprint density at radius 1 is 1.12 bits per heavy atom. The Labute approximate surface area is 100 Å². The van der Waals surface area contributed by atoms with Gasteiger partial charge in [0.1, 0.15) is 5.75 Å². The van der Waals surface area contributed by atoms with Gasteiger partial charge in [0.2, 0.25) is 0 Å². The molecule has 0 fully saturated rings. The van der Waals surface area contributed by atoms with Gasteiger partial charge in [0.25, 0.3) is 0 Å². The van der Waals surface area contributed by atoms with Crippen LogP contribution < -0.4 is 0 Å². The third kappa shape index (κ3) is 1.21. The predicted octanol–water partition coefficient (Wildman–Crippen LogP) is 3.52. The van der Waals surface area contributed by atoms with Gasteiger partial charge in [-0.05, 0) is 35.2 Å². The van der Waals surface area contributed by atoms with Gasteiger partial charge in [-0.25, -0.2) is 0 Å². The molecule has 1 aliphatic rings. The van der Waals surface area contributed by atoms with Crippen molar-refractivity contribution in [2.24, 2.45) is 0 Å². The van der Waals surface area contributed by atoms with Gasteiger partial charge >= 0.3 is 0 Å². The SMILES string of the molecule is O=C1C=Cc2cc(Br)cc3ccc(O)c1c23. The van der Waals surface area contributed by atoms with E-state index in [2.05, 4.69) is 15.9 Å². The highest BCUT2D eigenvalue weighted by Crippen LogP contribution is 2.35. The summed E-state index contributed by atoms with van der Waals surface area (Å²) in [6, 6.07) is 7.25. The van der Waals surface area contributed by atoms with Crippen molar-refractivity contribution in [2.45, 2.75) is 0 Å². The molecular weight excluding hydrogens is 268 g/mol. The Balaban J connectivity index is 2.58. The highest BCUT2D eigenvalue weighted by atomic mass is 79.9. The molecule has 3 heteroatoms. The highest BCUT2D eigenvalue weighted by molar-refractivity contribution is 9.10. The topological polar surface area (TPSA) is 37.3 Å². The van der Waals surface area contributed by atoms with Gasteiger partial charge in [-0.3, -0.25) is 4.79 Å². The third-order valence-electron chi connectivity index (χ3n) is 2.75. The lowest BCUT2D eigenvalue weighted by atomic mass is 9.92. The maximum Gasteiger partial charge on any atom is 0.190 e. The van der Waals surface area contributed by atoms with Crippen molar-refractivity contribution in [3.05, 3.63) is 45.9 Å². The molecule has 78 valence electrons.